The summed E-state index contributed by atoms with van der Waals surface area (Å²) in [5.41, 5.74) is -0.144. The number of anilines is 2. The zero-order chi connectivity index (χ0) is 18.7. The molecule has 2 amide bonds. The van der Waals surface area contributed by atoms with Crippen LogP contribution in [0.2, 0.25) is 10.3 Å². The van der Waals surface area contributed by atoms with Crippen LogP contribution in [0.15, 0.2) is 30.5 Å². The van der Waals surface area contributed by atoms with Crippen molar-refractivity contribution in [2.75, 3.05) is 36.4 Å². The van der Waals surface area contributed by atoms with Crippen LogP contribution in [0.4, 0.5) is 22.0 Å². The molecule has 0 aliphatic carbocycles. The van der Waals surface area contributed by atoms with Crippen LogP contribution >= 0.6 is 23.2 Å². The van der Waals surface area contributed by atoms with Crippen LogP contribution in [-0.2, 0) is 0 Å². The Morgan fingerprint density at radius 1 is 1.19 bits per heavy atom. The molecular formula is C15H14Cl2N6O3. The van der Waals surface area contributed by atoms with Gasteiger partial charge in [0.05, 0.1) is 4.92 Å². The summed E-state index contributed by atoms with van der Waals surface area (Å²) in [6.07, 6.45) is 1.57. The lowest BCUT2D eigenvalue weighted by Crippen LogP contribution is -2.50. The number of hydrogen-bond acceptors (Lipinski definition) is 6. The highest BCUT2D eigenvalue weighted by atomic mass is 35.5. The van der Waals surface area contributed by atoms with Crippen molar-refractivity contribution in [1.82, 2.24) is 14.9 Å². The Labute approximate surface area is 158 Å². The number of benzene rings is 1. The van der Waals surface area contributed by atoms with E-state index in [1.165, 1.54) is 18.2 Å². The van der Waals surface area contributed by atoms with Gasteiger partial charge in [-0.05, 0) is 29.8 Å². The van der Waals surface area contributed by atoms with E-state index >= 15 is 0 Å². The number of nitro groups is 1. The number of carbonyl (C=O) groups is 1. The largest absolute Gasteiger partial charge is 0.353 e. The molecule has 1 saturated heterocycles. The van der Waals surface area contributed by atoms with Gasteiger partial charge in [0.25, 0.3) is 5.69 Å². The number of nitrogens with one attached hydrogen (secondary N) is 1. The van der Waals surface area contributed by atoms with Crippen molar-refractivity contribution in [2.24, 2.45) is 0 Å². The maximum atomic E-state index is 12.4. The molecule has 136 valence electrons. The summed E-state index contributed by atoms with van der Waals surface area (Å²) in [6.45, 7) is 2.00. The van der Waals surface area contributed by atoms with E-state index in [0.717, 1.165) is 0 Å². The molecule has 2 heterocycles. The molecule has 1 fully saturated rings. The van der Waals surface area contributed by atoms with Gasteiger partial charge in [-0.15, -0.1) is 0 Å². The second-order valence-corrected chi connectivity index (χ2v) is 6.28. The van der Waals surface area contributed by atoms with E-state index < -0.39 is 11.0 Å². The summed E-state index contributed by atoms with van der Waals surface area (Å²) in [5, 5.41) is 14.1. The first kappa shape index (κ1) is 18.2. The minimum absolute atomic E-state index is 0.106. The van der Waals surface area contributed by atoms with Crippen molar-refractivity contribution in [1.29, 1.82) is 0 Å². The minimum atomic E-state index is -0.585. The van der Waals surface area contributed by atoms with Crippen LogP contribution < -0.4 is 10.2 Å². The molecule has 0 saturated carbocycles. The fourth-order valence-electron chi connectivity index (χ4n) is 2.60. The molecule has 1 aromatic carbocycles. The first-order valence-electron chi connectivity index (χ1n) is 7.67. The number of piperazine rings is 1. The van der Waals surface area contributed by atoms with Crippen LogP contribution in [-0.4, -0.2) is 52.0 Å². The van der Waals surface area contributed by atoms with E-state index in [9.17, 15) is 14.9 Å². The summed E-state index contributed by atoms with van der Waals surface area (Å²) in [4.78, 5) is 34.5. The van der Waals surface area contributed by atoms with Crippen LogP contribution in [0, 0.1) is 10.1 Å². The SMILES string of the molecule is O=C(Nc1ccc(Cl)cc1[N+](=O)[O-])N1CCN(c2ccnc(Cl)n2)CC1. The second kappa shape index (κ2) is 7.71. The van der Waals surface area contributed by atoms with Gasteiger partial charge in [0.15, 0.2) is 0 Å². The van der Waals surface area contributed by atoms with Crippen molar-refractivity contribution >= 4 is 46.4 Å². The molecule has 11 heteroatoms. The van der Waals surface area contributed by atoms with Gasteiger partial charge in [-0.1, -0.05) is 11.6 Å². The molecule has 0 unspecified atom stereocenters. The van der Waals surface area contributed by atoms with E-state index in [-0.39, 0.29) is 21.7 Å². The molecule has 0 atom stereocenters. The van der Waals surface area contributed by atoms with Crippen molar-refractivity contribution in [3.05, 3.63) is 50.9 Å². The Bertz CT molecular complexity index is 842. The number of halogens is 2. The lowest BCUT2D eigenvalue weighted by atomic mass is 10.2. The highest BCUT2D eigenvalue weighted by molar-refractivity contribution is 6.31. The van der Waals surface area contributed by atoms with Crippen LogP contribution in [0.1, 0.15) is 0 Å². The molecule has 0 radical (unpaired) electrons. The molecule has 1 aromatic heterocycles. The lowest BCUT2D eigenvalue weighted by molar-refractivity contribution is -0.383. The average molecular weight is 397 g/mol. The Kier molecular flexibility index (Phi) is 5.38. The Morgan fingerprint density at radius 3 is 2.58 bits per heavy atom. The van der Waals surface area contributed by atoms with Crippen LogP contribution in [0.25, 0.3) is 0 Å². The maximum absolute atomic E-state index is 12.4. The van der Waals surface area contributed by atoms with Gasteiger partial charge >= 0.3 is 6.03 Å². The predicted molar refractivity (Wildman–Crippen MR) is 98.0 cm³/mol. The summed E-state index contributed by atoms with van der Waals surface area (Å²) in [6, 6.07) is 5.45. The summed E-state index contributed by atoms with van der Waals surface area (Å²) in [5.74, 6) is 0.693. The number of hydrogen-bond donors (Lipinski definition) is 1. The second-order valence-electron chi connectivity index (χ2n) is 5.51. The number of rotatable bonds is 3. The van der Waals surface area contributed by atoms with Crippen molar-refractivity contribution in [3.8, 4) is 0 Å². The standard InChI is InChI=1S/C15H14Cl2N6O3/c16-10-1-2-11(12(9-10)23(25)26)19-15(24)22-7-5-21(6-8-22)13-3-4-18-14(17)20-13/h1-4,9H,5-8H2,(H,19,24). The van der Waals surface area contributed by atoms with Gasteiger partial charge < -0.3 is 15.1 Å². The third kappa shape index (κ3) is 4.12. The normalized spacial score (nSPS) is 14.2. The lowest BCUT2D eigenvalue weighted by Gasteiger charge is -2.35. The molecule has 1 N–H and O–H groups in total. The van der Waals surface area contributed by atoms with E-state index in [2.05, 4.69) is 15.3 Å². The fourth-order valence-corrected chi connectivity index (χ4v) is 2.91. The zero-order valence-electron chi connectivity index (χ0n) is 13.4. The number of urea groups is 1. The fraction of sp³-hybridized carbons (Fsp3) is 0.267. The molecular weight excluding hydrogens is 383 g/mol. The predicted octanol–water partition coefficient (Wildman–Crippen LogP) is 3.05. The monoisotopic (exact) mass is 396 g/mol. The van der Waals surface area contributed by atoms with Crippen molar-refractivity contribution < 1.29 is 9.72 Å². The van der Waals surface area contributed by atoms with Crippen molar-refractivity contribution in [3.63, 3.8) is 0 Å². The molecule has 0 bridgehead atoms. The quantitative estimate of drug-likeness (QED) is 0.485. The van der Waals surface area contributed by atoms with Gasteiger partial charge in [0.2, 0.25) is 5.28 Å². The summed E-state index contributed by atoms with van der Waals surface area (Å²) >= 11 is 11.6. The number of aromatic nitrogens is 2. The Morgan fingerprint density at radius 2 is 1.92 bits per heavy atom. The number of amides is 2. The smallest absolute Gasteiger partial charge is 0.322 e. The Hall–Kier alpha value is -2.65. The van der Waals surface area contributed by atoms with E-state index in [0.29, 0.717) is 32.0 Å². The molecule has 1 aliphatic heterocycles. The third-order valence-electron chi connectivity index (χ3n) is 3.90. The Balaban J connectivity index is 1.63. The molecule has 9 nitrogen and oxygen atoms in total. The highest BCUT2D eigenvalue weighted by Crippen LogP contribution is 2.28. The van der Waals surface area contributed by atoms with Crippen LogP contribution in [0.5, 0.6) is 0 Å². The summed E-state index contributed by atoms with van der Waals surface area (Å²) in [7, 11) is 0. The number of carbonyl (C=O) groups excluding carboxylic acids is 1. The highest BCUT2D eigenvalue weighted by Gasteiger charge is 2.24. The maximum Gasteiger partial charge on any atom is 0.322 e. The van der Waals surface area contributed by atoms with E-state index in [4.69, 9.17) is 23.2 Å². The first-order valence-corrected chi connectivity index (χ1v) is 8.43. The van der Waals surface area contributed by atoms with Gasteiger partial charge in [-0.25, -0.2) is 14.8 Å². The minimum Gasteiger partial charge on any atom is -0.353 e. The summed E-state index contributed by atoms with van der Waals surface area (Å²) < 4.78 is 0. The molecule has 2 aromatic rings. The molecule has 26 heavy (non-hydrogen) atoms. The number of nitro benzene ring substituents is 1. The van der Waals surface area contributed by atoms with Crippen molar-refractivity contribution in [2.45, 2.75) is 0 Å². The molecule has 3 rings (SSSR count). The third-order valence-corrected chi connectivity index (χ3v) is 4.32. The van der Waals surface area contributed by atoms with Gasteiger partial charge in [0.1, 0.15) is 11.5 Å². The molecule has 1 aliphatic rings. The van der Waals surface area contributed by atoms with Gasteiger partial charge in [0, 0.05) is 43.5 Å². The molecule has 0 spiro atoms. The van der Waals surface area contributed by atoms with Gasteiger partial charge in [-0.2, -0.15) is 0 Å². The van der Waals surface area contributed by atoms with Crippen LogP contribution in [0.3, 0.4) is 0 Å². The van der Waals surface area contributed by atoms with E-state index in [1.807, 2.05) is 4.90 Å². The average Bonchev–Trinajstić information content (AvgIpc) is 2.63. The number of nitrogens with zero attached hydrogens (tertiary/aromatic N) is 5. The first-order chi connectivity index (χ1) is 12.4. The van der Waals surface area contributed by atoms with E-state index in [1.54, 1.807) is 17.2 Å². The van der Waals surface area contributed by atoms with Gasteiger partial charge in [-0.3, -0.25) is 10.1 Å². The zero-order valence-corrected chi connectivity index (χ0v) is 14.9. The topological polar surface area (TPSA) is 104 Å².